The molecular weight excluding hydrogens is 328 g/mol. The maximum Gasteiger partial charge on any atom is 0.220 e. The summed E-state index contributed by atoms with van der Waals surface area (Å²) in [5, 5.41) is 6.22. The van der Waals surface area contributed by atoms with E-state index in [1.807, 2.05) is 31.2 Å². The first-order chi connectivity index (χ1) is 11.3. The van der Waals surface area contributed by atoms with Crippen LogP contribution in [0.3, 0.4) is 0 Å². The highest BCUT2D eigenvalue weighted by molar-refractivity contribution is 5.85. The molecule has 0 fully saturated rings. The molecule has 1 aromatic rings. The van der Waals surface area contributed by atoms with Gasteiger partial charge in [-0.25, -0.2) is 0 Å². The van der Waals surface area contributed by atoms with Crippen molar-refractivity contribution in [3.05, 3.63) is 35.9 Å². The molecule has 2 rings (SSSR count). The number of rotatable bonds is 9. The van der Waals surface area contributed by atoms with Crippen LogP contribution in [-0.2, 0) is 4.79 Å². The van der Waals surface area contributed by atoms with Crippen molar-refractivity contribution in [2.45, 2.75) is 26.2 Å². The quantitative estimate of drug-likeness (QED) is 0.529. The summed E-state index contributed by atoms with van der Waals surface area (Å²) in [7, 11) is 0. The second-order valence-electron chi connectivity index (χ2n) is 5.42. The third-order valence-corrected chi connectivity index (χ3v) is 3.63. The van der Waals surface area contributed by atoms with E-state index in [2.05, 4.69) is 16.7 Å². The lowest BCUT2D eigenvalue weighted by molar-refractivity contribution is -0.121. The van der Waals surface area contributed by atoms with E-state index in [0.717, 1.165) is 31.0 Å². The van der Waals surface area contributed by atoms with Gasteiger partial charge in [-0.05, 0) is 38.4 Å². The largest absolute Gasteiger partial charge is 0.490 e. The standard InChI is InChI=1S/C18H26N2O3.ClH/c1-2-22-16-6-3-4-7-17(16)23-13-5-8-18(21)20-14-15-9-11-19-12-10-15;/h3-4,6-7,9,19H,2,5,8,10-14H2,1H3,(H,20,21);1H. The third kappa shape index (κ3) is 7.23. The van der Waals surface area contributed by atoms with Gasteiger partial charge >= 0.3 is 0 Å². The van der Waals surface area contributed by atoms with Gasteiger partial charge in [0.1, 0.15) is 0 Å². The van der Waals surface area contributed by atoms with Crippen molar-refractivity contribution in [1.29, 1.82) is 0 Å². The molecule has 1 amide bonds. The number of carbonyl (C=O) groups excluding carboxylic acids is 1. The molecule has 1 aromatic carbocycles. The lowest BCUT2D eigenvalue weighted by Gasteiger charge is -2.14. The second kappa shape index (κ2) is 11.8. The fourth-order valence-corrected chi connectivity index (χ4v) is 2.39. The van der Waals surface area contributed by atoms with Crippen LogP contribution in [0.5, 0.6) is 11.5 Å². The van der Waals surface area contributed by atoms with Gasteiger partial charge < -0.3 is 20.1 Å². The minimum Gasteiger partial charge on any atom is -0.490 e. The third-order valence-electron chi connectivity index (χ3n) is 3.63. The first kappa shape index (κ1) is 20.3. The summed E-state index contributed by atoms with van der Waals surface area (Å²) >= 11 is 0. The summed E-state index contributed by atoms with van der Waals surface area (Å²) in [5.74, 6) is 1.55. The van der Waals surface area contributed by atoms with Crippen molar-refractivity contribution < 1.29 is 14.3 Å². The Labute approximate surface area is 150 Å². The molecule has 1 aliphatic heterocycles. The molecule has 0 radical (unpaired) electrons. The SMILES string of the molecule is CCOc1ccccc1OCCCC(=O)NCC1=CCNCC1.Cl. The molecule has 0 bridgehead atoms. The Bertz CT molecular complexity index is 535. The van der Waals surface area contributed by atoms with Crippen molar-refractivity contribution in [2.75, 3.05) is 32.8 Å². The average molecular weight is 355 g/mol. The predicted molar refractivity (Wildman–Crippen MR) is 98.2 cm³/mol. The zero-order chi connectivity index (χ0) is 16.3. The minimum absolute atomic E-state index is 0. The molecule has 1 aliphatic rings. The number of nitrogens with one attached hydrogen (secondary N) is 2. The predicted octanol–water partition coefficient (Wildman–Crippen LogP) is 2.70. The van der Waals surface area contributed by atoms with Crippen LogP contribution in [0.1, 0.15) is 26.2 Å². The molecule has 0 saturated carbocycles. The van der Waals surface area contributed by atoms with Crippen LogP contribution in [0.15, 0.2) is 35.9 Å². The number of halogens is 1. The highest BCUT2D eigenvalue weighted by Gasteiger charge is 2.07. The van der Waals surface area contributed by atoms with E-state index in [4.69, 9.17) is 9.47 Å². The highest BCUT2D eigenvalue weighted by Crippen LogP contribution is 2.26. The molecule has 5 nitrogen and oxygen atoms in total. The van der Waals surface area contributed by atoms with Gasteiger partial charge in [0.2, 0.25) is 5.91 Å². The Kier molecular flexibility index (Phi) is 9.96. The number of amides is 1. The molecule has 0 saturated heterocycles. The number of hydrogen-bond donors (Lipinski definition) is 2. The Morgan fingerprint density at radius 2 is 2.00 bits per heavy atom. The van der Waals surface area contributed by atoms with Gasteiger partial charge in [-0.1, -0.05) is 23.8 Å². The summed E-state index contributed by atoms with van der Waals surface area (Å²) in [6.07, 6.45) is 4.32. The maximum atomic E-state index is 11.8. The van der Waals surface area contributed by atoms with E-state index >= 15 is 0 Å². The summed E-state index contributed by atoms with van der Waals surface area (Å²) < 4.78 is 11.2. The number of para-hydroxylation sites is 2. The molecule has 0 aliphatic carbocycles. The van der Waals surface area contributed by atoms with Gasteiger partial charge in [0.15, 0.2) is 11.5 Å². The van der Waals surface area contributed by atoms with Gasteiger partial charge in [-0.15, -0.1) is 12.4 Å². The Hall–Kier alpha value is -1.72. The number of hydrogen-bond acceptors (Lipinski definition) is 4. The van der Waals surface area contributed by atoms with E-state index < -0.39 is 0 Å². The zero-order valence-corrected chi connectivity index (χ0v) is 15.0. The summed E-state index contributed by atoms with van der Waals surface area (Å²) in [6.45, 7) is 5.61. The van der Waals surface area contributed by atoms with Gasteiger partial charge in [0.05, 0.1) is 13.2 Å². The van der Waals surface area contributed by atoms with E-state index in [0.29, 0.717) is 32.6 Å². The summed E-state index contributed by atoms with van der Waals surface area (Å²) in [4.78, 5) is 11.8. The van der Waals surface area contributed by atoms with Crippen molar-refractivity contribution >= 4 is 18.3 Å². The number of carbonyl (C=O) groups is 1. The van der Waals surface area contributed by atoms with Crippen LogP contribution >= 0.6 is 12.4 Å². The topological polar surface area (TPSA) is 59.6 Å². The fraction of sp³-hybridized carbons (Fsp3) is 0.500. The van der Waals surface area contributed by atoms with Gasteiger partial charge in [0.25, 0.3) is 0 Å². The molecule has 24 heavy (non-hydrogen) atoms. The lowest BCUT2D eigenvalue weighted by atomic mass is 10.1. The first-order valence-electron chi connectivity index (χ1n) is 8.29. The van der Waals surface area contributed by atoms with Crippen molar-refractivity contribution in [3.63, 3.8) is 0 Å². The van der Waals surface area contributed by atoms with Gasteiger partial charge in [-0.3, -0.25) is 4.79 Å². The summed E-state index contributed by atoms with van der Waals surface area (Å²) in [5.41, 5.74) is 1.30. The number of benzene rings is 1. The van der Waals surface area contributed by atoms with Crippen LogP contribution in [0, 0.1) is 0 Å². The molecule has 0 aromatic heterocycles. The van der Waals surface area contributed by atoms with Crippen molar-refractivity contribution in [3.8, 4) is 11.5 Å². The minimum atomic E-state index is 0. The van der Waals surface area contributed by atoms with Crippen LogP contribution < -0.4 is 20.1 Å². The van der Waals surface area contributed by atoms with Crippen molar-refractivity contribution in [1.82, 2.24) is 10.6 Å². The van der Waals surface area contributed by atoms with Crippen molar-refractivity contribution in [2.24, 2.45) is 0 Å². The van der Waals surface area contributed by atoms with E-state index in [9.17, 15) is 4.79 Å². The Balaban J connectivity index is 0.00000288. The molecule has 6 heteroatoms. The molecular formula is C18H27ClN2O3. The molecule has 0 spiro atoms. The lowest BCUT2D eigenvalue weighted by Crippen LogP contribution is -2.29. The van der Waals surface area contributed by atoms with Crippen LogP contribution in [0.4, 0.5) is 0 Å². The first-order valence-corrected chi connectivity index (χ1v) is 8.29. The van der Waals surface area contributed by atoms with Crippen LogP contribution in [0.25, 0.3) is 0 Å². The zero-order valence-electron chi connectivity index (χ0n) is 14.2. The van der Waals surface area contributed by atoms with Gasteiger partial charge in [0, 0.05) is 19.5 Å². The maximum absolute atomic E-state index is 11.8. The monoisotopic (exact) mass is 354 g/mol. The van der Waals surface area contributed by atoms with Gasteiger partial charge in [-0.2, -0.15) is 0 Å². The van der Waals surface area contributed by atoms with E-state index in [1.165, 1.54) is 5.57 Å². The highest BCUT2D eigenvalue weighted by atomic mass is 35.5. The van der Waals surface area contributed by atoms with E-state index in [1.54, 1.807) is 0 Å². The molecule has 2 N–H and O–H groups in total. The van der Waals surface area contributed by atoms with Crippen LogP contribution in [0.2, 0.25) is 0 Å². The second-order valence-corrected chi connectivity index (χ2v) is 5.42. The fourth-order valence-electron chi connectivity index (χ4n) is 2.39. The smallest absolute Gasteiger partial charge is 0.220 e. The Morgan fingerprint density at radius 1 is 1.25 bits per heavy atom. The molecule has 134 valence electrons. The molecule has 1 heterocycles. The summed E-state index contributed by atoms with van der Waals surface area (Å²) in [6, 6.07) is 7.60. The normalized spacial score (nSPS) is 13.5. The Morgan fingerprint density at radius 3 is 2.67 bits per heavy atom. The molecule has 0 atom stereocenters. The average Bonchev–Trinajstić information content (AvgIpc) is 2.59. The van der Waals surface area contributed by atoms with Crippen LogP contribution in [-0.4, -0.2) is 38.8 Å². The number of ether oxygens (including phenoxy) is 2. The molecule has 0 unspecified atom stereocenters. The van der Waals surface area contributed by atoms with E-state index in [-0.39, 0.29) is 18.3 Å².